The van der Waals surface area contributed by atoms with Gasteiger partial charge in [-0.25, -0.2) is 0 Å². The lowest BCUT2D eigenvalue weighted by Gasteiger charge is -2.35. The fourth-order valence-corrected chi connectivity index (χ4v) is 3.10. The van der Waals surface area contributed by atoms with Crippen LogP contribution in [0.25, 0.3) is 0 Å². The van der Waals surface area contributed by atoms with Gasteiger partial charge in [-0.05, 0) is 42.2 Å². The molecule has 0 amide bonds. The van der Waals surface area contributed by atoms with Crippen LogP contribution in [0.1, 0.15) is 33.6 Å². The molecular weight excluding hydrogens is 172 g/mol. The second-order valence-electron chi connectivity index (χ2n) is 4.36. The predicted octanol–water partition coefficient (Wildman–Crippen LogP) is 3.07. The maximum Gasteiger partial charge on any atom is 0.225 e. The van der Waals surface area contributed by atoms with E-state index in [2.05, 4.69) is 20.8 Å². The van der Waals surface area contributed by atoms with Gasteiger partial charge in [0.25, 0.3) is 0 Å². The van der Waals surface area contributed by atoms with E-state index in [9.17, 15) is 4.79 Å². The zero-order valence-electron chi connectivity index (χ0n) is 8.01. The van der Waals surface area contributed by atoms with Crippen molar-refractivity contribution in [2.75, 3.05) is 0 Å². The second-order valence-corrected chi connectivity index (χ2v) is 4.73. The minimum Gasteiger partial charge on any atom is -0.281 e. The topological polar surface area (TPSA) is 17.1 Å². The Bertz CT molecular complexity index is 167. The van der Waals surface area contributed by atoms with Crippen LogP contribution in [0, 0.1) is 23.7 Å². The Kier molecular flexibility index (Phi) is 3.16. The van der Waals surface area contributed by atoms with E-state index >= 15 is 0 Å². The summed E-state index contributed by atoms with van der Waals surface area (Å²) in [4.78, 5) is 11.1. The standard InChI is InChI=1S/C10H17ClO/c1-6-4-7(2)9(10(11)12)8(3)5-6/h6-9H,4-5H2,1-3H3. The molecule has 2 unspecified atom stereocenters. The summed E-state index contributed by atoms with van der Waals surface area (Å²) in [5.74, 6) is 1.78. The number of rotatable bonds is 1. The van der Waals surface area contributed by atoms with Crippen LogP contribution >= 0.6 is 11.6 Å². The molecule has 1 aliphatic carbocycles. The van der Waals surface area contributed by atoms with Crippen molar-refractivity contribution in [2.24, 2.45) is 23.7 Å². The van der Waals surface area contributed by atoms with E-state index in [4.69, 9.17) is 11.6 Å². The Morgan fingerprint density at radius 3 is 1.92 bits per heavy atom. The predicted molar refractivity (Wildman–Crippen MR) is 51.1 cm³/mol. The van der Waals surface area contributed by atoms with Crippen LogP contribution in [-0.2, 0) is 4.79 Å². The van der Waals surface area contributed by atoms with E-state index in [1.807, 2.05) is 0 Å². The zero-order valence-corrected chi connectivity index (χ0v) is 8.77. The Morgan fingerprint density at radius 2 is 1.58 bits per heavy atom. The number of carbonyl (C=O) groups excluding carboxylic acids is 1. The summed E-state index contributed by atoms with van der Waals surface area (Å²) in [6.45, 7) is 6.52. The number of hydrogen-bond acceptors (Lipinski definition) is 1. The second kappa shape index (κ2) is 3.78. The van der Waals surface area contributed by atoms with Crippen molar-refractivity contribution in [3.8, 4) is 0 Å². The third-order valence-electron chi connectivity index (χ3n) is 3.04. The van der Waals surface area contributed by atoms with Crippen LogP contribution in [0.15, 0.2) is 0 Å². The van der Waals surface area contributed by atoms with E-state index in [1.165, 1.54) is 0 Å². The molecule has 2 heteroatoms. The van der Waals surface area contributed by atoms with Crippen LogP contribution in [-0.4, -0.2) is 5.24 Å². The number of hydrogen-bond donors (Lipinski definition) is 0. The van der Waals surface area contributed by atoms with Gasteiger partial charge in [0.15, 0.2) is 0 Å². The van der Waals surface area contributed by atoms with Crippen LogP contribution in [0.3, 0.4) is 0 Å². The molecule has 0 aromatic heterocycles. The van der Waals surface area contributed by atoms with Gasteiger partial charge < -0.3 is 0 Å². The monoisotopic (exact) mass is 188 g/mol. The molecule has 12 heavy (non-hydrogen) atoms. The van der Waals surface area contributed by atoms with Crippen molar-refractivity contribution >= 4 is 16.8 Å². The SMILES string of the molecule is CC1CC(C)C(C(=O)Cl)C(C)C1. The van der Waals surface area contributed by atoms with Gasteiger partial charge in [-0.3, -0.25) is 4.79 Å². The largest absolute Gasteiger partial charge is 0.281 e. The van der Waals surface area contributed by atoms with Crippen molar-refractivity contribution in [1.82, 2.24) is 0 Å². The van der Waals surface area contributed by atoms with Crippen molar-refractivity contribution in [1.29, 1.82) is 0 Å². The Morgan fingerprint density at radius 1 is 1.17 bits per heavy atom. The highest BCUT2D eigenvalue weighted by Crippen LogP contribution is 2.38. The van der Waals surface area contributed by atoms with Gasteiger partial charge in [0.1, 0.15) is 0 Å². The molecular formula is C10H17ClO. The van der Waals surface area contributed by atoms with Crippen molar-refractivity contribution in [3.63, 3.8) is 0 Å². The lowest BCUT2D eigenvalue weighted by atomic mass is 9.70. The molecule has 0 radical (unpaired) electrons. The van der Waals surface area contributed by atoms with E-state index < -0.39 is 0 Å². The lowest BCUT2D eigenvalue weighted by Crippen LogP contribution is -2.32. The van der Waals surface area contributed by atoms with Gasteiger partial charge in [0, 0.05) is 5.92 Å². The van der Waals surface area contributed by atoms with Gasteiger partial charge in [-0.2, -0.15) is 0 Å². The third kappa shape index (κ3) is 2.01. The molecule has 70 valence electrons. The first kappa shape index (κ1) is 10.0. The van der Waals surface area contributed by atoms with Crippen LogP contribution < -0.4 is 0 Å². The molecule has 0 aromatic carbocycles. The van der Waals surface area contributed by atoms with Crippen LogP contribution in [0.2, 0.25) is 0 Å². The van der Waals surface area contributed by atoms with E-state index in [1.54, 1.807) is 0 Å². The molecule has 0 heterocycles. The third-order valence-corrected chi connectivity index (χ3v) is 3.29. The van der Waals surface area contributed by atoms with Gasteiger partial charge in [0.05, 0.1) is 0 Å². The summed E-state index contributed by atoms with van der Waals surface area (Å²) in [5.41, 5.74) is 0. The van der Waals surface area contributed by atoms with Crippen molar-refractivity contribution < 1.29 is 4.79 Å². The molecule has 1 rings (SSSR count). The fraction of sp³-hybridized carbons (Fsp3) is 0.900. The van der Waals surface area contributed by atoms with E-state index in [0.717, 1.165) is 18.8 Å². The average molecular weight is 189 g/mol. The molecule has 2 atom stereocenters. The normalized spacial score (nSPS) is 42.7. The van der Waals surface area contributed by atoms with Crippen LogP contribution in [0.5, 0.6) is 0 Å². The summed E-state index contributed by atoms with van der Waals surface area (Å²) < 4.78 is 0. The maximum atomic E-state index is 11.1. The average Bonchev–Trinajstić information content (AvgIpc) is 1.82. The van der Waals surface area contributed by atoms with Gasteiger partial charge in [-0.15, -0.1) is 0 Å². The summed E-state index contributed by atoms with van der Waals surface area (Å²) in [5, 5.41) is -0.137. The molecule has 1 saturated carbocycles. The summed E-state index contributed by atoms with van der Waals surface area (Å²) in [6.07, 6.45) is 2.29. The first-order valence-corrected chi connectivity index (χ1v) is 5.09. The molecule has 0 N–H and O–H groups in total. The molecule has 1 fully saturated rings. The molecule has 0 spiro atoms. The van der Waals surface area contributed by atoms with Crippen LogP contribution in [0.4, 0.5) is 0 Å². The Balaban J connectivity index is 2.66. The lowest BCUT2D eigenvalue weighted by molar-refractivity contribution is -0.119. The molecule has 0 aliphatic heterocycles. The summed E-state index contributed by atoms with van der Waals surface area (Å²) >= 11 is 5.56. The first-order chi connectivity index (χ1) is 5.52. The van der Waals surface area contributed by atoms with E-state index in [-0.39, 0.29) is 11.2 Å². The van der Waals surface area contributed by atoms with Gasteiger partial charge >= 0.3 is 0 Å². The highest BCUT2D eigenvalue weighted by molar-refractivity contribution is 6.64. The highest BCUT2D eigenvalue weighted by atomic mass is 35.5. The summed E-state index contributed by atoms with van der Waals surface area (Å²) in [6, 6.07) is 0. The molecule has 0 bridgehead atoms. The maximum absolute atomic E-state index is 11.1. The zero-order chi connectivity index (χ0) is 9.30. The minimum absolute atomic E-state index is 0.0999. The van der Waals surface area contributed by atoms with E-state index in [0.29, 0.717) is 11.8 Å². The molecule has 0 saturated heterocycles. The van der Waals surface area contributed by atoms with Crippen molar-refractivity contribution in [3.05, 3.63) is 0 Å². The molecule has 0 aromatic rings. The smallest absolute Gasteiger partial charge is 0.225 e. The molecule has 1 aliphatic rings. The fourth-order valence-electron chi connectivity index (χ4n) is 2.67. The van der Waals surface area contributed by atoms with Crippen molar-refractivity contribution in [2.45, 2.75) is 33.6 Å². The number of carbonyl (C=O) groups is 1. The summed E-state index contributed by atoms with van der Waals surface area (Å²) in [7, 11) is 0. The Labute approximate surface area is 79.5 Å². The molecule has 1 nitrogen and oxygen atoms in total. The quantitative estimate of drug-likeness (QED) is 0.578. The first-order valence-electron chi connectivity index (χ1n) is 4.71. The highest BCUT2D eigenvalue weighted by Gasteiger charge is 2.34. The minimum atomic E-state index is -0.137. The van der Waals surface area contributed by atoms with Gasteiger partial charge in [0.2, 0.25) is 5.24 Å². The van der Waals surface area contributed by atoms with Gasteiger partial charge in [-0.1, -0.05) is 20.8 Å². The Hall–Kier alpha value is -0.0400. The number of halogens is 1.